The van der Waals surface area contributed by atoms with Crippen molar-refractivity contribution in [3.8, 4) is 0 Å². The summed E-state index contributed by atoms with van der Waals surface area (Å²) in [6.45, 7) is 2.85. The number of halogens is 3. The van der Waals surface area contributed by atoms with E-state index in [1.54, 1.807) is 0 Å². The lowest BCUT2D eigenvalue weighted by atomic mass is 10.1. The Bertz CT molecular complexity index is 619. The third-order valence-corrected chi connectivity index (χ3v) is 4.18. The molecule has 2 rings (SSSR count). The summed E-state index contributed by atoms with van der Waals surface area (Å²) in [5.74, 6) is 0. The van der Waals surface area contributed by atoms with Crippen LogP contribution < -0.4 is 5.43 Å². The summed E-state index contributed by atoms with van der Waals surface area (Å²) in [5.41, 5.74) is 2.72. The Hall–Kier alpha value is -1.72. The fourth-order valence-corrected chi connectivity index (χ4v) is 2.86. The zero-order chi connectivity index (χ0) is 17.4. The Morgan fingerprint density at radius 2 is 1.71 bits per heavy atom. The van der Waals surface area contributed by atoms with Gasteiger partial charge < -0.3 is 5.43 Å². The minimum Gasteiger partial charge on any atom is -0.324 e. The van der Waals surface area contributed by atoms with E-state index in [1.165, 1.54) is 61.5 Å². The molecule has 0 aliphatic carbocycles. The molecule has 0 aliphatic heterocycles. The molecule has 24 heavy (non-hydrogen) atoms. The first-order valence-electron chi connectivity index (χ1n) is 8.81. The first-order valence-corrected chi connectivity index (χ1v) is 8.81. The van der Waals surface area contributed by atoms with Crippen LogP contribution in [0.2, 0.25) is 0 Å². The Balaban J connectivity index is 1.81. The standard InChI is InChI=1S/C18H26F3N3/c1-2-3-4-5-6-7-8-9-13-23-24-14-16(18(19,20)21)15-11-10-12-22-17(15)24/h10-12,14,23H,2-9,13H2,1H3. The van der Waals surface area contributed by atoms with E-state index in [0.29, 0.717) is 12.2 Å². The maximum atomic E-state index is 13.1. The number of aromatic nitrogens is 2. The summed E-state index contributed by atoms with van der Waals surface area (Å²) < 4.78 is 40.6. The van der Waals surface area contributed by atoms with Crippen molar-refractivity contribution in [1.29, 1.82) is 0 Å². The molecule has 0 aliphatic rings. The number of nitrogens with one attached hydrogen (secondary N) is 1. The predicted molar refractivity (Wildman–Crippen MR) is 91.6 cm³/mol. The Labute approximate surface area is 141 Å². The number of pyridine rings is 1. The summed E-state index contributed by atoms with van der Waals surface area (Å²) in [7, 11) is 0. The highest BCUT2D eigenvalue weighted by Crippen LogP contribution is 2.34. The minimum absolute atomic E-state index is 0.133. The normalized spacial score (nSPS) is 12.0. The molecule has 2 heterocycles. The van der Waals surface area contributed by atoms with Gasteiger partial charge in [0.05, 0.1) is 5.56 Å². The van der Waals surface area contributed by atoms with Gasteiger partial charge in [-0.15, -0.1) is 0 Å². The van der Waals surface area contributed by atoms with Crippen LogP contribution in [0.15, 0.2) is 24.5 Å². The molecule has 0 aromatic carbocycles. The van der Waals surface area contributed by atoms with Crippen molar-refractivity contribution >= 4 is 11.0 Å². The van der Waals surface area contributed by atoms with Gasteiger partial charge in [-0.05, 0) is 18.6 Å². The molecule has 0 unspecified atom stereocenters. The molecule has 134 valence electrons. The minimum atomic E-state index is -4.37. The second-order valence-corrected chi connectivity index (χ2v) is 6.17. The third-order valence-electron chi connectivity index (χ3n) is 4.18. The van der Waals surface area contributed by atoms with Crippen molar-refractivity contribution in [2.24, 2.45) is 0 Å². The fraction of sp³-hybridized carbons (Fsp3) is 0.611. The molecule has 0 fully saturated rings. The molecule has 2 aromatic heterocycles. The van der Waals surface area contributed by atoms with Gasteiger partial charge in [0.15, 0.2) is 5.65 Å². The second-order valence-electron chi connectivity index (χ2n) is 6.17. The van der Waals surface area contributed by atoms with Crippen LogP contribution in [0.3, 0.4) is 0 Å². The average Bonchev–Trinajstić information content (AvgIpc) is 2.92. The second kappa shape index (κ2) is 8.94. The maximum absolute atomic E-state index is 13.1. The molecule has 6 heteroatoms. The molecule has 3 nitrogen and oxygen atoms in total. The van der Waals surface area contributed by atoms with Gasteiger partial charge >= 0.3 is 6.18 Å². The van der Waals surface area contributed by atoms with Gasteiger partial charge in [0.25, 0.3) is 0 Å². The largest absolute Gasteiger partial charge is 0.418 e. The SMILES string of the molecule is CCCCCCCCCCNn1cc(C(F)(F)F)c2cccnc21. The molecule has 0 saturated heterocycles. The average molecular weight is 341 g/mol. The summed E-state index contributed by atoms with van der Waals surface area (Å²) >= 11 is 0. The predicted octanol–water partition coefficient (Wildman–Crippen LogP) is 5.74. The Kier molecular flexibility index (Phi) is 6.94. The van der Waals surface area contributed by atoms with Crippen LogP contribution in [0.1, 0.15) is 63.9 Å². The number of unbranched alkanes of at least 4 members (excludes halogenated alkanes) is 7. The summed E-state index contributed by atoms with van der Waals surface area (Å²) in [6.07, 6.45) is 7.85. The van der Waals surface area contributed by atoms with Crippen molar-refractivity contribution in [1.82, 2.24) is 9.66 Å². The van der Waals surface area contributed by atoms with Crippen LogP contribution in [-0.4, -0.2) is 16.2 Å². The Morgan fingerprint density at radius 1 is 1.04 bits per heavy atom. The van der Waals surface area contributed by atoms with E-state index < -0.39 is 11.7 Å². The number of alkyl halides is 3. The Morgan fingerprint density at radius 3 is 2.38 bits per heavy atom. The van der Waals surface area contributed by atoms with Crippen LogP contribution in [-0.2, 0) is 6.18 Å². The lowest BCUT2D eigenvalue weighted by molar-refractivity contribution is -0.136. The highest BCUT2D eigenvalue weighted by Gasteiger charge is 2.34. The van der Waals surface area contributed by atoms with Crippen molar-refractivity contribution in [3.05, 3.63) is 30.1 Å². The molecule has 0 radical (unpaired) electrons. The van der Waals surface area contributed by atoms with E-state index in [0.717, 1.165) is 19.0 Å². The monoisotopic (exact) mass is 341 g/mol. The highest BCUT2D eigenvalue weighted by molar-refractivity contribution is 5.81. The van der Waals surface area contributed by atoms with Gasteiger partial charge in [0.2, 0.25) is 0 Å². The molecular weight excluding hydrogens is 315 g/mol. The van der Waals surface area contributed by atoms with E-state index in [-0.39, 0.29) is 5.39 Å². The number of hydrogen-bond donors (Lipinski definition) is 1. The lowest BCUT2D eigenvalue weighted by Crippen LogP contribution is -2.15. The molecule has 1 N–H and O–H groups in total. The molecule has 0 bridgehead atoms. The molecule has 0 spiro atoms. The van der Waals surface area contributed by atoms with Crippen LogP contribution >= 0.6 is 0 Å². The van der Waals surface area contributed by atoms with Crippen LogP contribution in [0, 0.1) is 0 Å². The molecule has 0 atom stereocenters. The van der Waals surface area contributed by atoms with E-state index >= 15 is 0 Å². The number of nitrogens with zero attached hydrogens (tertiary/aromatic N) is 2. The molecular formula is C18H26F3N3. The van der Waals surface area contributed by atoms with Gasteiger partial charge in [-0.3, -0.25) is 0 Å². The smallest absolute Gasteiger partial charge is 0.324 e. The summed E-state index contributed by atoms with van der Waals surface area (Å²) in [4.78, 5) is 4.07. The van der Waals surface area contributed by atoms with Gasteiger partial charge in [-0.1, -0.05) is 51.9 Å². The third kappa shape index (κ3) is 5.14. The fourth-order valence-electron chi connectivity index (χ4n) is 2.86. The van der Waals surface area contributed by atoms with Crippen LogP contribution in [0.4, 0.5) is 13.2 Å². The molecule has 2 aromatic rings. The van der Waals surface area contributed by atoms with Gasteiger partial charge in [-0.2, -0.15) is 13.2 Å². The lowest BCUT2D eigenvalue weighted by Gasteiger charge is -2.08. The number of rotatable bonds is 10. The van der Waals surface area contributed by atoms with Gasteiger partial charge in [0.1, 0.15) is 0 Å². The zero-order valence-corrected chi connectivity index (χ0v) is 14.2. The first kappa shape index (κ1) is 18.6. The quantitative estimate of drug-likeness (QED) is 0.559. The summed E-state index contributed by atoms with van der Waals surface area (Å²) in [6, 6.07) is 2.99. The van der Waals surface area contributed by atoms with E-state index in [2.05, 4.69) is 17.3 Å². The topological polar surface area (TPSA) is 29.9 Å². The molecule has 0 saturated carbocycles. The van der Waals surface area contributed by atoms with E-state index in [1.807, 2.05) is 0 Å². The maximum Gasteiger partial charge on any atom is 0.418 e. The van der Waals surface area contributed by atoms with Crippen molar-refractivity contribution in [2.45, 2.75) is 64.5 Å². The number of fused-ring (bicyclic) bond motifs is 1. The van der Waals surface area contributed by atoms with Crippen molar-refractivity contribution in [3.63, 3.8) is 0 Å². The first-order chi connectivity index (χ1) is 11.5. The summed E-state index contributed by atoms with van der Waals surface area (Å²) in [5, 5.41) is 0.133. The van der Waals surface area contributed by atoms with Crippen molar-refractivity contribution in [2.75, 3.05) is 12.0 Å². The van der Waals surface area contributed by atoms with E-state index in [9.17, 15) is 13.2 Å². The van der Waals surface area contributed by atoms with Gasteiger partial charge in [-0.25, -0.2) is 9.66 Å². The van der Waals surface area contributed by atoms with E-state index in [4.69, 9.17) is 0 Å². The highest BCUT2D eigenvalue weighted by atomic mass is 19.4. The molecule has 0 amide bonds. The van der Waals surface area contributed by atoms with Crippen LogP contribution in [0.5, 0.6) is 0 Å². The van der Waals surface area contributed by atoms with Crippen LogP contribution in [0.25, 0.3) is 11.0 Å². The number of hydrogen-bond acceptors (Lipinski definition) is 2. The van der Waals surface area contributed by atoms with Gasteiger partial charge in [0, 0.05) is 24.3 Å². The zero-order valence-electron chi connectivity index (χ0n) is 14.2. The van der Waals surface area contributed by atoms with Crippen molar-refractivity contribution < 1.29 is 13.2 Å².